The van der Waals surface area contributed by atoms with Crippen LogP contribution in [0.3, 0.4) is 0 Å². The summed E-state index contributed by atoms with van der Waals surface area (Å²) in [5, 5.41) is 3.73. The van der Waals surface area contributed by atoms with Crippen LogP contribution in [0.1, 0.15) is 43.0 Å². The molecule has 1 atom stereocenters. The van der Waals surface area contributed by atoms with E-state index in [4.69, 9.17) is 0 Å². The van der Waals surface area contributed by atoms with Crippen molar-refractivity contribution in [1.82, 2.24) is 10.2 Å². The number of aldehydes is 1. The molecule has 1 saturated heterocycles. The number of hydrogen-bond acceptors (Lipinski definition) is 3. The van der Waals surface area contributed by atoms with E-state index in [0.717, 1.165) is 38.0 Å². The van der Waals surface area contributed by atoms with E-state index in [-0.39, 0.29) is 12.0 Å². The fourth-order valence-corrected chi connectivity index (χ4v) is 3.68. The lowest BCUT2D eigenvalue weighted by Gasteiger charge is -2.36. The first-order chi connectivity index (χ1) is 13.0. The molecule has 3 rings (SSSR count). The lowest BCUT2D eigenvalue weighted by molar-refractivity contribution is -0.115. The Labute approximate surface area is 163 Å². The van der Waals surface area contributed by atoms with Gasteiger partial charge in [-0.1, -0.05) is 43.9 Å². The number of rotatable bonds is 7. The van der Waals surface area contributed by atoms with Gasteiger partial charge in [-0.15, -0.1) is 0 Å². The van der Waals surface area contributed by atoms with Gasteiger partial charge in [-0.2, -0.15) is 0 Å². The van der Waals surface area contributed by atoms with E-state index in [2.05, 4.69) is 74.0 Å². The summed E-state index contributed by atoms with van der Waals surface area (Å²) in [6.45, 7) is 11.5. The molecule has 1 aromatic rings. The Hall–Kier alpha value is -2.31. The molecule has 0 radical (unpaired) electrons. The Balaban J connectivity index is 1.73. The van der Waals surface area contributed by atoms with E-state index in [1.54, 1.807) is 0 Å². The highest BCUT2D eigenvalue weighted by molar-refractivity contribution is 5.55. The highest BCUT2D eigenvalue weighted by atomic mass is 16.1. The second-order valence-corrected chi connectivity index (χ2v) is 8.20. The van der Waals surface area contributed by atoms with E-state index in [9.17, 15) is 4.79 Å². The van der Waals surface area contributed by atoms with Crippen LogP contribution in [0.25, 0.3) is 0 Å². The summed E-state index contributed by atoms with van der Waals surface area (Å²) in [6.07, 6.45) is 6.09. The summed E-state index contributed by atoms with van der Waals surface area (Å²) in [4.78, 5) is 13.1. The molecule has 27 heavy (non-hydrogen) atoms. The zero-order chi connectivity index (χ0) is 19.4. The number of nitrogens with zero attached hydrogens (tertiary/aromatic N) is 1. The summed E-state index contributed by atoms with van der Waals surface area (Å²) in [5.41, 5.74) is 6.36. The van der Waals surface area contributed by atoms with Gasteiger partial charge in [0, 0.05) is 43.7 Å². The van der Waals surface area contributed by atoms with Gasteiger partial charge >= 0.3 is 0 Å². The van der Waals surface area contributed by atoms with Gasteiger partial charge in [0.1, 0.15) is 6.29 Å². The van der Waals surface area contributed by atoms with Crippen LogP contribution >= 0.6 is 0 Å². The fraction of sp³-hybridized carbons (Fsp3) is 0.458. The number of allylic oxidation sites excluding steroid dienone is 2. The summed E-state index contributed by atoms with van der Waals surface area (Å²) >= 11 is 0. The Morgan fingerprint density at radius 2 is 2.04 bits per heavy atom. The van der Waals surface area contributed by atoms with Gasteiger partial charge in [-0.25, -0.2) is 0 Å². The van der Waals surface area contributed by atoms with Crippen LogP contribution in [-0.2, 0) is 4.79 Å². The molecule has 0 saturated carbocycles. The molecule has 3 heteroatoms. The number of benzene rings is 1. The maximum Gasteiger partial charge on any atom is 0.125 e. The van der Waals surface area contributed by atoms with Crippen LogP contribution in [0, 0.1) is 37.5 Å². The third kappa shape index (κ3) is 4.90. The minimum atomic E-state index is 0.214. The molecule has 0 bridgehead atoms. The van der Waals surface area contributed by atoms with E-state index in [1.807, 2.05) is 6.08 Å². The van der Waals surface area contributed by atoms with Gasteiger partial charge in [0.15, 0.2) is 0 Å². The van der Waals surface area contributed by atoms with E-state index < -0.39 is 0 Å². The van der Waals surface area contributed by atoms with Crippen molar-refractivity contribution < 1.29 is 4.79 Å². The molecule has 1 aliphatic heterocycles. The summed E-state index contributed by atoms with van der Waals surface area (Å²) < 4.78 is 0. The normalized spacial score (nSPS) is 18.6. The maximum absolute atomic E-state index is 10.8. The average Bonchev–Trinajstić information content (AvgIpc) is 2.83. The molecule has 142 valence electrons. The predicted molar refractivity (Wildman–Crippen MR) is 111 cm³/mol. The molecule has 1 N–H and O–H groups in total. The zero-order valence-corrected chi connectivity index (χ0v) is 16.9. The smallest absolute Gasteiger partial charge is 0.125 e. The molecule has 1 heterocycles. The van der Waals surface area contributed by atoms with Crippen molar-refractivity contribution in [2.24, 2.45) is 11.8 Å². The standard InChI is InChI=1S/C24H30N2O/c1-17(2)24(22-10-9-18(3)19(4)11-22)25-23-8-6-5-7-20(12-23)13-26-14-21(15-26)16-27/h8-12,16-17,21,24-25H,7,13-15H2,1-4H3. The second kappa shape index (κ2) is 8.59. The molecular weight excluding hydrogens is 332 g/mol. The third-order valence-electron chi connectivity index (χ3n) is 5.49. The van der Waals surface area contributed by atoms with Crippen molar-refractivity contribution in [2.45, 2.75) is 40.2 Å². The van der Waals surface area contributed by atoms with Crippen molar-refractivity contribution in [2.75, 3.05) is 19.6 Å². The second-order valence-electron chi connectivity index (χ2n) is 8.20. The van der Waals surface area contributed by atoms with E-state index >= 15 is 0 Å². The number of carbonyl (C=O) groups excluding carboxylic acids is 1. The Bertz CT molecular complexity index is 817. The number of hydrogen-bond donors (Lipinski definition) is 1. The minimum Gasteiger partial charge on any atom is -0.377 e. The van der Waals surface area contributed by atoms with Gasteiger partial charge < -0.3 is 10.1 Å². The first-order valence-electron chi connectivity index (χ1n) is 9.85. The molecule has 0 spiro atoms. The molecule has 1 aromatic carbocycles. The Kier molecular flexibility index (Phi) is 6.19. The molecule has 1 aliphatic carbocycles. The molecule has 0 amide bonds. The lowest BCUT2D eigenvalue weighted by Crippen LogP contribution is -2.48. The van der Waals surface area contributed by atoms with Gasteiger partial charge in [0.25, 0.3) is 0 Å². The quantitative estimate of drug-likeness (QED) is 0.589. The fourth-order valence-electron chi connectivity index (χ4n) is 3.68. The van der Waals surface area contributed by atoms with E-state index in [1.165, 1.54) is 22.3 Å². The first kappa shape index (κ1) is 19.5. The average molecular weight is 363 g/mol. The number of likely N-dealkylation sites (tertiary alicyclic amines) is 1. The molecule has 1 fully saturated rings. The van der Waals surface area contributed by atoms with Crippen molar-refractivity contribution in [3.05, 3.63) is 58.3 Å². The molecule has 3 nitrogen and oxygen atoms in total. The molecular formula is C24H30N2O. The van der Waals surface area contributed by atoms with Crippen LogP contribution in [0.4, 0.5) is 0 Å². The third-order valence-corrected chi connectivity index (χ3v) is 5.49. The summed E-state index contributed by atoms with van der Waals surface area (Å²) in [6, 6.07) is 6.97. The predicted octanol–water partition coefficient (Wildman–Crippen LogP) is 3.94. The van der Waals surface area contributed by atoms with Crippen molar-refractivity contribution in [1.29, 1.82) is 0 Å². The Morgan fingerprint density at radius 1 is 1.26 bits per heavy atom. The van der Waals surface area contributed by atoms with Gasteiger partial charge in [-0.05, 0) is 48.1 Å². The van der Waals surface area contributed by atoms with Crippen LogP contribution in [0.15, 0.2) is 41.6 Å². The first-order valence-corrected chi connectivity index (χ1v) is 9.85. The van der Waals surface area contributed by atoms with Gasteiger partial charge in [0.05, 0.1) is 6.04 Å². The lowest BCUT2D eigenvalue weighted by atomic mass is 9.93. The topological polar surface area (TPSA) is 32.3 Å². The van der Waals surface area contributed by atoms with Crippen molar-refractivity contribution in [3.63, 3.8) is 0 Å². The van der Waals surface area contributed by atoms with E-state index in [0.29, 0.717) is 5.92 Å². The zero-order valence-electron chi connectivity index (χ0n) is 16.9. The SMILES string of the molecule is Cc1ccc(C(NC2=CC#CCC(CN3CC(C=O)C3)=C2)C(C)C)cc1C. The monoisotopic (exact) mass is 362 g/mol. The van der Waals surface area contributed by atoms with Crippen LogP contribution in [0.5, 0.6) is 0 Å². The maximum atomic E-state index is 10.8. The highest BCUT2D eigenvalue weighted by Crippen LogP contribution is 2.26. The summed E-state index contributed by atoms with van der Waals surface area (Å²) in [7, 11) is 0. The largest absolute Gasteiger partial charge is 0.377 e. The summed E-state index contributed by atoms with van der Waals surface area (Å²) in [5.74, 6) is 7.08. The number of carbonyl (C=O) groups is 1. The van der Waals surface area contributed by atoms with Crippen LogP contribution in [-0.4, -0.2) is 30.8 Å². The number of aryl methyl sites for hydroxylation is 2. The number of nitrogens with one attached hydrogen (secondary N) is 1. The van der Waals surface area contributed by atoms with Crippen molar-refractivity contribution >= 4 is 6.29 Å². The molecule has 2 aliphatic rings. The Morgan fingerprint density at radius 3 is 2.70 bits per heavy atom. The minimum absolute atomic E-state index is 0.214. The van der Waals surface area contributed by atoms with Crippen molar-refractivity contribution in [3.8, 4) is 11.8 Å². The van der Waals surface area contributed by atoms with Gasteiger partial charge in [0.2, 0.25) is 0 Å². The highest BCUT2D eigenvalue weighted by Gasteiger charge is 2.26. The molecule has 0 aromatic heterocycles. The van der Waals surface area contributed by atoms with Crippen LogP contribution < -0.4 is 5.32 Å². The van der Waals surface area contributed by atoms with Gasteiger partial charge in [-0.3, -0.25) is 4.90 Å². The molecule has 1 unspecified atom stereocenters. The van der Waals surface area contributed by atoms with Crippen LogP contribution in [0.2, 0.25) is 0 Å².